The number of carboxylic acid groups (broad SMARTS) is 1. The zero-order valence-corrected chi connectivity index (χ0v) is 17.1. The molecule has 0 saturated carbocycles. The number of halogens is 1. The fraction of sp³-hybridized carbons (Fsp3) is 0.167. The van der Waals surface area contributed by atoms with Gasteiger partial charge in [0.05, 0.1) is 18.5 Å². The van der Waals surface area contributed by atoms with E-state index >= 15 is 0 Å². The van der Waals surface area contributed by atoms with Crippen molar-refractivity contribution in [2.45, 2.75) is 13.0 Å². The van der Waals surface area contributed by atoms with Gasteiger partial charge in [0.15, 0.2) is 0 Å². The normalized spacial score (nSPS) is 11.1. The molecule has 0 radical (unpaired) electrons. The van der Waals surface area contributed by atoms with E-state index in [0.29, 0.717) is 23.0 Å². The van der Waals surface area contributed by atoms with Crippen molar-refractivity contribution in [2.75, 3.05) is 14.1 Å². The van der Waals surface area contributed by atoms with Crippen LogP contribution in [0.4, 0.5) is 9.18 Å². The number of carbonyl (C=O) groups is 2. The predicted molar refractivity (Wildman–Crippen MR) is 116 cm³/mol. The second-order valence-corrected chi connectivity index (χ2v) is 7.50. The SMILES string of the molecule is CN(C)C(=O)Cc1c(OC(=O)O)n(Cc2cccc3ccccc23)c2ccc(F)cc12. The van der Waals surface area contributed by atoms with Crippen LogP contribution >= 0.6 is 0 Å². The molecule has 31 heavy (non-hydrogen) atoms. The van der Waals surface area contributed by atoms with Gasteiger partial charge in [-0.15, -0.1) is 0 Å². The molecule has 0 unspecified atom stereocenters. The Morgan fingerprint density at radius 2 is 1.77 bits per heavy atom. The number of likely N-dealkylation sites (N-methyl/N-ethyl adjacent to an activating group) is 1. The van der Waals surface area contributed by atoms with Crippen LogP contribution in [-0.2, 0) is 17.8 Å². The van der Waals surface area contributed by atoms with Gasteiger partial charge >= 0.3 is 6.16 Å². The number of rotatable bonds is 5. The summed E-state index contributed by atoms with van der Waals surface area (Å²) in [6, 6.07) is 17.9. The van der Waals surface area contributed by atoms with Crippen molar-refractivity contribution < 1.29 is 23.8 Å². The van der Waals surface area contributed by atoms with E-state index < -0.39 is 12.0 Å². The Balaban J connectivity index is 1.94. The van der Waals surface area contributed by atoms with Crippen molar-refractivity contribution in [1.82, 2.24) is 9.47 Å². The highest BCUT2D eigenvalue weighted by Crippen LogP contribution is 2.35. The summed E-state index contributed by atoms with van der Waals surface area (Å²) in [6.45, 7) is 0.294. The molecule has 158 valence electrons. The molecule has 6 nitrogen and oxygen atoms in total. The molecule has 0 aliphatic carbocycles. The van der Waals surface area contributed by atoms with Gasteiger partial charge in [0, 0.05) is 25.0 Å². The van der Waals surface area contributed by atoms with Gasteiger partial charge in [0.2, 0.25) is 11.8 Å². The lowest BCUT2D eigenvalue weighted by Gasteiger charge is -2.14. The maximum absolute atomic E-state index is 14.1. The molecular weight excluding hydrogens is 399 g/mol. The standard InChI is InChI=1S/C24H21FN2O4/c1-26(2)22(28)13-20-19-12-17(25)10-11-21(19)27(23(20)31-24(29)30)14-16-8-5-7-15-6-3-4-9-18(15)16/h3-12H,13-14H2,1-2H3,(H,29,30). The number of carbonyl (C=O) groups excluding carboxylic acids is 1. The van der Waals surface area contributed by atoms with E-state index in [-0.39, 0.29) is 18.2 Å². The van der Waals surface area contributed by atoms with E-state index in [1.54, 1.807) is 24.7 Å². The molecule has 0 bridgehead atoms. The molecule has 0 spiro atoms. The van der Waals surface area contributed by atoms with Crippen LogP contribution in [0.1, 0.15) is 11.1 Å². The lowest BCUT2D eigenvalue weighted by molar-refractivity contribution is -0.127. The third kappa shape index (κ3) is 3.94. The van der Waals surface area contributed by atoms with Crippen LogP contribution in [0.2, 0.25) is 0 Å². The Morgan fingerprint density at radius 3 is 2.52 bits per heavy atom. The second kappa shape index (κ2) is 8.10. The zero-order chi connectivity index (χ0) is 22.1. The minimum absolute atomic E-state index is 0.0243. The number of nitrogens with zero attached hydrogens (tertiary/aromatic N) is 2. The van der Waals surface area contributed by atoms with E-state index in [9.17, 15) is 19.1 Å². The van der Waals surface area contributed by atoms with Gasteiger partial charge in [-0.3, -0.25) is 4.79 Å². The summed E-state index contributed by atoms with van der Waals surface area (Å²) < 4.78 is 20.9. The smallest absolute Gasteiger partial charge is 0.449 e. The average Bonchev–Trinajstić information content (AvgIpc) is 2.99. The van der Waals surface area contributed by atoms with Crippen LogP contribution < -0.4 is 4.74 Å². The largest absolute Gasteiger partial charge is 0.512 e. The Kier molecular flexibility index (Phi) is 5.33. The highest BCUT2D eigenvalue weighted by Gasteiger charge is 2.24. The molecule has 0 saturated heterocycles. The monoisotopic (exact) mass is 420 g/mol. The van der Waals surface area contributed by atoms with Crippen molar-refractivity contribution in [3.8, 4) is 5.88 Å². The summed E-state index contributed by atoms with van der Waals surface area (Å²) >= 11 is 0. The van der Waals surface area contributed by atoms with Crippen molar-refractivity contribution in [3.05, 3.63) is 77.6 Å². The van der Waals surface area contributed by atoms with Gasteiger partial charge < -0.3 is 19.3 Å². The molecule has 1 aromatic heterocycles. The van der Waals surface area contributed by atoms with Crippen molar-refractivity contribution >= 4 is 33.7 Å². The summed E-state index contributed by atoms with van der Waals surface area (Å²) in [6.07, 6.45) is -1.61. The minimum atomic E-state index is -1.50. The fourth-order valence-corrected chi connectivity index (χ4v) is 3.81. The fourth-order valence-electron chi connectivity index (χ4n) is 3.81. The van der Waals surface area contributed by atoms with Crippen LogP contribution in [0.5, 0.6) is 5.88 Å². The number of hydrogen-bond donors (Lipinski definition) is 1. The van der Waals surface area contributed by atoms with Gasteiger partial charge in [-0.05, 0) is 34.5 Å². The first kappa shape index (κ1) is 20.4. The molecule has 0 atom stereocenters. The Hall–Kier alpha value is -3.87. The average molecular weight is 420 g/mol. The Labute approximate surface area is 178 Å². The molecule has 4 rings (SSSR count). The summed E-state index contributed by atoms with van der Waals surface area (Å²) in [5.74, 6) is -0.699. The molecular formula is C24H21FN2O4. The number of hydrogen-bond acceptors (Lipinski definition) is 3. The van der Waals surface area contributed by atoms with Crippen LogP contribution in [0.15, 0.2) is 60.7 Å². The summed E-state index contributed by atoms with van der Waals surface area (Å²) in [5.41, 5.74) is 1.88. The van der Waals surface area contributed by atoms with Crippen LogP contribution in [0, 0.1) is 5.82 Å². The minimum Gasteiger partial charge on any atom is -0.449 e. The molecule has 0 aliphatic rings. The van der Waals surface area contributed by atoms with Gasteiger partial charge in [-0.1, -0.05) is 42.5 Å². The van der Waals surface area contributed by atoms with E-state index in [4.69, 9.17) is 4.74 Å². The number of benzene rings is 3. The third-order valence-corrected chi connectivity index (χ3v) is 5.30. The lowest BCUT2D eigenvalue weighted by atomic mass is 10.0. The second-order valence-electron chi connectivity index (χ2n) is 7.50. The molecule has 1 N–H and O–H groups in total. The highest BCUT2D eigenvalue weighted by molar-refractivity contribution is 5.93. The first-order chi connectivity index (χ1) is 14.8. The van der Waals surface area contributed by atoms with E-state index in [1.165, 1.54) is 17.0 Å². The van der Waals surface area contributed by atoms with Gasteiger partial charge in [0.25, 0.3) is 0 Å². The topological polar surface area (TPSA) is 71.8 Å². The Morgan fingerprint density at radius 1 is 1.03 bits per heavy atom. The summed E-state index contributed by atoms with van der Waals surface area (Å²) in [7, 11) is 3.21. The molecule has 1 heterocycles. The van der Waals surface area contributed by atoms with E-state index in [2.05, 4.69) is 0 Å². The maximum Gasteiger partial charge on any atom is 0.512 e. The van der Waals surface area contributed by atoms with Crippen LogP contribution in [0.25, 0.3) is 21.7 Å². The molecule has 0 fully saturated rings. The number of ether oxygens (including phenoxy) is 1. The van der Waals surface area contributed by atoms with Crippen molar-refractivity contribution in [1.29, 1.82) is 0 Å². The highest BCUT2D eigenvalue weighted by atomic mass is 19.1. The van der Waals surface area contributed by atoms with Crippen LogP contribution in [-0.4, -0.2) is 40.7 Å². The lowest BCUT2D eigenvalue weighted by Crippen LogP contribution is -2.24. The number of amides is 1. The van der Waals surface area contributed by atoms with Gasteiger partial charge in [-0.25, -0.2) is 9.18 Å². The zero-order valence-electron chi connectivity index (χ0n) is 17.1. The number of fused-ring (bicyclic) bond motifs is 2. The van der Waals surface area contributed by atoms with E-state index in [1.807, 2.05) is 42.5 Å². The molecule has 4 aromatic rings. The maximum atomic E-state index is 14.1. The van der Waals surface area contributed by atoms with Gasteiger partial charge in [0.1, 0.15) is 5.82 Å². The predicted octanol–water partition coefficient (Wildman–Crippen LogP) is 4.67. The van der Waals surface area contributed by atoms with Crippen LogP contribution in [0.3, 0.4) is 0 Å². The first-order valence-electron chi connectivity index (χ1n) is 9.73. The quantitative estimate of drug-likeness (QED) is 0.476. The Bertz CT molecular complexity index is 1300. The summed E-state index contributed by atoms with van der Waals surface area (Å²) in [5, 5.41) is 11.9. The molecule has 1 amide bonds. The van der Waals surface area contributed by atoms with E-state index in [0.717, 1.165) is 16.3 Å². The van der Waals surface area contributed by atoms with Crippen molar-refractivity contribution in [3.63, 3.8) is 0 Å². The molecule has 0 aliphatic heterocycles. The first-order valence-corrected chi connectivity index (χ1v) is 9.73. The molecule has 7 heteroatoms. The summed E-state index contributed by atoms with van der Waals surface area (Å²) in [4.78, 5) is 25.3. The molecule has 3 aromatic carbocycles. The third-order valence-electron chi connectivity index (χ3n) is 5.30. The van der Waals surface area contributed by atoms with Crippen molar-refractivity contribution in [2.24, 2.45) is 0 Å². The van der Waals surface area contributed by atoms with Gasteiger partial charge in [-0.2, -0.15) is 0 Å². The number of aromatic nitrogens is 1.